The molecule has 4 heteroatoms. The zero-order valence-electron chi connectivity index (χ0n) is 12.4. The van der Waals surface area contributed by atoms with Crippen LogP contribution in [0.3, 0.4) is 0 Å². The van der Waals surface area contributed by atoms with E-state index >= 15 is 0 Å². The van der Waals surface area contributed by atoms with Crippen molar-refractivity contribution in [2.24, 2.45) is 0 Å². The molecule has 1 unspecified atom stereocenters. The number of hydrogen-bond donors (Lipinski definition) is 2. The lowest BCUT2D eigenvalue weighted by Gasteiger charge is -2.15. The smallest absolute Gasteiger partial charge is 0.161 e. The highest BCUT2D eigenvalue weighted by Gasteiger charge is 2.11. The van der Waals surface area contributed by atoms with Gasteiger partial charge in [0.05, 0.1) is 7.11 Å². The van der Waals surface area contributed by atoms with Crippen molar-refractivity contribution in [1.29, 1.82) is 0 Å². The Kier molecular flexibility index (Phi) is 5.06. The molecule has 0 radical (unpaired) electrons. The number of nitrogens with two attached hydrogens (primary N) is 1. The number of hydrogen-bond acceptors (Lipinski definition) is 4. The molecule has 1 atom stereocenters. The summed E-state index contributed by atoms with van der Waals surface area (Å²) < 4.78 is 11.0. The minimum atomic E-state index is -0.707. The van der Waals surface area contributed by atoms with Crippen LogP contribution in [0.1, 0.15) is 24.2 Å². The molecule has 2 rings (SSSR count). The maximum atomic E-state index is 10.1. The Balaban J connectivity index is 2.03. The van der Waals surface area contributed by atoms with Crippen LogP contribution < -0.4 is 15.2 Å². The first kappa shape index (κ1) is 15.2. The molecule has 3 N–H and O–H groups in total. The maximum absolute atomic E-state index is 10.1. The Morgan fingerprint density at radius 3 is 2.43 bits per heavy atom. The van der Waals surface area contributed by atoms with E-state index < -0.39 is 6.10 Å². The van der Waals surface area contributed by atoms with Crippen molar-refractivity contribution in [1.82, 2.24) is 0 Å². The van der Waals surface area contributed by atoms with E-state index in [1.165, 1.54) is 5.56 Å². The molecule has 0 saturated carbocycles. The van der Waals surface area contributed by atoms with Gasteiger partial charge in [0.1, 0.15) is 12.7 Å². The first-order chi connectivity index (χ1) is 10.1. The van der Waals surface area contributed by atoms with E-state index in [0.29, 0.717) is 17.2 Å². The van der Waals surface area contributed by atoms with E-state index in [4.69, 9.17) is 15.2 Å². The van der Waals surface area contributed by atoms with Gasteiger partial charge < -0.3 is 20.3 Å². The van der Waals surface area contributed by atoms with Crippen LogP contribution in [0, 0.1) is 0 Å². The highest BCUT2D eigenvalue weighted by molar-refractivity contribution is 5.43. The van der Waals surface area contributed by atoms with Gasteiger partial charge in [-0.05, 0) is 41.8 Å². The number of benzene rings is 2. The van der Waals surface area contributed by atoms with Gasteiger partial charge in [-0.25, -0.2) is 0 Å². The molecule has 0 aliphatic rings. The molecule has 112 valence electrons. The molecule has 2 aromatic rings. The number of nitrogen functional groups attached to an aromatic ring is 1. The van der Waals surface area contributed by atoms with Crippen molar-refractivity contribution >= 4 is 5.69 Å². The lowest BCUT2D eigenvalue weighted by Crippen LogP contribution is -2.10. The fraction of sp³-hybridized carbons (Fsp3) is 0.294. The number of rotatable bonds is 6. The van der Waals surface area contributed by atoms with Gasteiger partial charge >= 0.3 is 0 Å². The lowest BCUT2D eigenvalue weighted by molar-refractivity contribution is 0.106. The van der Waals surface area contributed by atoms with Gasteiger partial charge in [0, 0.05) is 5.69 Å². The summed E-state index contributed by atoms with van der Waals surface area (Å²) in [4.78, 5) is 0. The second-order valence-electron chi connectivity index (χ2n) is 4.83. The second-order valence-corrected chi connectivity index (χ2v) is 4.83. The van der Waals surface area contributed by atoms with Crippen LogP contribution in [0.25, 0.3) is 0 Å². The minimum Gasteiger partial charge on any atom is -0.493 e. The fourth-order valence-corrected chi connectivity index (χ4v) is 2.03. The van der Waals surface area contributed by atoms with Crippen molar-refractivity contribution in [2.45, 2.75) is 19.4 Å². The van der Waals surface area contributed by atoms with Gasteiger partial charge in [0.2, 0.25) is 0 Å². The minimum absolute atomic E-state index is 0.158. The molecule has 0 bridgehead atoms. The SMILES string of the molecule is CCc1ccc(OCC(O)c2ccc(N)cc2)c(OC)c1. The van der Waals surface area contributed by atoms with E-state index in [9.17, 15) is 5.11 Å². The van der Waals surface area contributed by atoms with Crippen molar-refractivity contribution in [3.63, 3.8) is 0 Å². The summed E-state index contributed by atoms with van der Waals surface area (Å²) in [6.45, 7) is 2.24. The fourth-order valence-electron chi connectivity index (χ4n) is 2.03. The Hall–Kier alpha value is -2.20. The summed E-state index contributed by atoms with van der Waals surface area (Å²) in [5.74, 6) is 1.31. The van der Waals surface area contributed by atoms with Gasteiger partial charge in [0.25, 0.3) is 0 Å². The third-order valence-corrected chi connectivity index (χ3v) is 3.35. The maximum Gasteiger partial charge on any atom is 0.161 e. The average Bonchev–Trinajstić information content (AvgIpc) is 2.53. The van der Waals surface area contributed by atoms with Crippen LogP contribution in [0.5, 0.6) is 11.5 Å². The van der Waals surface area contributed by atoms with E-state index in [1.54, 1.807) is 31.4 Å². The predicted molar refractivity (Wildman–Crippen MR) is 83.7 cm³/mol. The molecular formula is C17H21NO3. The van der Waals surface area contributed by atoms with E-state index in [1.807, 2.05) is 18.2 Å². The van der Waals surface area contributed by atoms with Gasteiger partial charge in [-0.3, -0.25) is 0 Å². The van der Waals surface area contributed by atoms with Crippen LogP contribution in [0.15, 0.2) is 42.5 Å². The normalized spacial score (nSPS) is 12.0. The molecule has 0 spiro atoms. The van der Waals surface area contributed by atoms with Gasteiger partial charge in [-0.15, -0.1) is 0 Å². The Labute approximate surface area is 125 Å². The van der Waals surface area contributed by atoms with Crippen LogP contribution in [0.2, 0.25) is 0 Å². The molecule has 0 fully saturated rings. The van der Waals surface area contributed by atoms with Gasteiger partial charge in [0.15, 0.2) is 11.5 Å². The second kappa shape index (κ2) is 6.99. The number of aliphatic hydroxyl groups is 1. The zero-order valence-corrected chi connectivity index (χ0v) is 12.4. The summed E-state index contributed by atoms with van der Waals surface area (Å²) in [6, 6.07) is 12.9. The average molecular weight is 287 g/mol. The van der Waals surface area contributed by atoms with E-state index in [0.717, 1.165) is 12.0 Å². The summed E-state index contributed by atoms with van der Waals surface area (Å²) >= 11 is 0. The number of ether oxygens (including phenoxy) is 2. The molecule has 2 aromatic carbocycles. The number of anilines is 1. The molecule has 0 aliphatic heterocycles. The van der Waals surface area contributed by atoms with Crippen molar-refractivity contribution in [3.05, 3.63) is 53.6 Å². The summed E-state index contributed by atoms with van der Waals surface area (Å²) in [7, 11) is 1.61. The Morgan fingerprint density at radius 2 is 1.81 bits per heavy atom. The largest absolute Gasteiger partial charge is 0.493 e. The molecule has 0 aromatic heterocycles. The molecule has 0 aliphatic carbocycles. The molecule has 0 amide bonds. The van der Waals surface area contributed by atoms with Crippen LogP contribution in [0.4, 0.5) is 5.69 Å². The quantitative estimate of drug-likeness (QED) is 0.802. The number of methoxy groups -OCH3 is 1. The highest BCUT2D eigenvalue weighted by Crippen LogP contribution is 2.29. The third-order valence-electron chi connectivity index (χ3n) is 3.35. The van der Waals surface area contributed by atoms with Crippen molar-refractivity contribution < 1.29 is 14.6 Å². The lowest BCUT2D eigenvalue weighted by atomic mass is 10.1. The summed E-state index contributed by atoms with van der Waals surface area (Å²) in [5, 5.41) is 10.1. The molecule has 0 heterocycles. The highest BCUT2D eigenvalue weighted by atomic mass is 16.5. The predicted octanol–water partition coefficient (Wildman–Crippen LogP) is 2.95. The topological polar surface area (TPSA) is 64.7 Å². The standard InChI is InChI=1S/C17H21NO3/c1-3-12-4-9-16(17(10-12)20-2)21-11-15(19)13-5-7-14(18)8-6-13/h4-10,15,19H,3,11,18H2,1-2H3. The monoisotopic (exact) mass is 287 g/mol. The van der Waals surface area contributed by atoms with Gasteiger partial charge in [-0.2, -0.15) is 0 Å². The Morgan fingerprint density at radius 1 is 1.10 bits per heavy atom. The first-order valence-corrected chi connectivity index (χ1v) is 6.97. The molecule has 21 heavy (non-hydrogen) atoms. The Bertz CT molecular complexity index is 581. The van der Waals surface area contributed by atoms with Crippen LogP contribution in [-0.2, 0) is 6.42 Å². The number of aryl methyl sites for hydroxylation is 1. The van der Waals surface area contributed by atoms with Crippen molar-refractivity contribution in [3.8, 4) is 11.5 Å². The number of aliphatic hydroxyl groups excluding tert-OH is 1. The molecule has 0 saturated heterocycles. The third kappa shape index (κ3) is 3.89. The molecular weight excluding hydrogens is 266 g/mol. The summed E-state index contributed by atoms with van der Waals surface area (Å²) in [6.07, 6.45) is 0.228. The van der Waals surface area contributed by atoms with Gasteiger partial charge in [-0.1, -0.05) is 25.1 Å². The van der Waals surface area contributed by atoms with E-state index in [2.05, 4.69) is 6.92 Å². The first-order valence-electron chi connectivity index (χ1n) is 6.97. The van der Waals surface area contributed by atoms with E-state index in [-0.39, 0.29) is 6.61 Å². The summed E-state index contributed by atoms with van der Waals surface area (Å²) in [5.41, 5.74) is 8.25. The molecule has 4 nitrogen and oxygen atoms in total. The van der Waals surface area contributed by atoms with Crippen molar-refractivity contribution in [2.75, 3.05) is 19.5 Å². The van der Waals surface area contributed by atoms with Crippen LogP contribution >= 0.6 is 0 Å². The zero-order chi connectivity index (χ0) is 15.2. The van der Waals surface area contributed by atoms with Crippen LogP contribution in [-0.4, -0.2) is 18.8 Å².